The second-order valence-electron chi connectivity index (χ2n) is 5.51. The molecule has 0 saturated carbocycles. The number of nitrogens with one attached hydrogen (secondary N) is 2. The largest absolute Gasteiger partial charge is 0.491 e. The van der Waals surface area contributed by atoms with Crippen LogP contribution in [0.5, 0.6) is 5.75 Å². The van der Waals surface area contributed by atoms with Crippen LogP contribution in [0.4, 0.5) is 5.69 Å². The lowest BCUT2D eigenvalue weighted by Crippen LogP contribution is -2.32. The summed E-state index contributed by atoms with van der Waals surface area (Å²) in [5.41, 5.74) is 0.512. The first-order chi connectivity index (χ1) is 11.4. The number of carbonyl (C=O) groups is 1. The van der Waals surface area contributed by atoms with Crippen molar-refractivity contribution in [3.63, 3.8) is 0 Å². The lowest BCUT2D eigenvalue weighted by molar-refractivity contribution is -0.115. The monoisotopic (exact) mass is 368 g/mol. The summed E-state index contributed by atoms with van der Waals surface area (Å²) in [6.07, 6.45) is 0. The van der Waals surface area contributed by atoms with Gasteiger partial charge in [0.1, 0.15) is 9.96 Å². The number of para-hydroxylation sites is 2. The lowest BCUT2D eigenvalue weighted by atomic mass is 10.2. The van der Waals surface area contributed by atoms with Crippen LogP contribution in [0.2, 0.25) is 0 Å². The number of hydrogen-bond donors (Lipinski definition) is 2. The highest BCUT2D eigenvalue weighted by atomic mass is 32.2. The van der Waals surface area contributed by atoms with E-state index in [0.717, 1.165) is 11.3 Å². The van der Waals surface area contributed by atoms with Gasteiger partial charge in [0.25, 0.3) is 10.0 Å². The molecule has 1 aromatic carbocycles. The molecule has 8 heteroatoms. The maximum Gasteiger partial charge on any atom is 0.250 e. The van der Waals surface area contributed by atoms with Crippen molar-refractivity contribution in [1.29, 1.82) is 0 Å². The summed E-state index contributed by atoms with van der Waals surface area (Å²) in [6.45, 7) is 4.23. The second-order valence-corrected chi connectivity index (χ2v) is 8.45. The highest BCUT2D eigenvalue weighted by molar-refractivity contribution is 7.91. The van der Waals surface area contributed by atoms with Crippen molar-refractivity contribution < 1.29 is 17.9 Å². The zero-order chi connectivity index (χ0) is 17.6. The molecule has 2 aromatic rings. The predicted octanol–water partition coefficient (Wildman–Crippen LogP) is 2.70. The number of thiophene rings is 1. The van der Waals surface area contributed by atoms with Crippen LogP contribution < -0.4 is 14.8 Å². The first-order valence-corrected chi connectivity index (χ1v) is 9.79. The van der Waals surface area contributed by atoms with Crippen molar-refractivity contribution in [2.75, 3.05) is 18.5 Å². The van der Waals surface area contributed by atoms with Crippen LogP contribution in [0.3, 0.4) is 0 Å². The van der Waals surface area contributed by atoms with Crippen LogP contribution in [-0.2, 0) is 14.8 Å². The van der Waals surface area contributed by atoms with E-state index >= 15 is 0 Å². The maximum atomic E-state index is 12.0. The fraction of sp³-hybridized carbons (Fsp3) is 0.312. The molecule has 0 radical (unpaired) electrons. The van der Waals surface area contributed by atoms with Gasteiger partial charge in [0.05, 0.1) is 18.8 Å². The van der Waals surface area contributed by atoms with Gasteiger partial charge in [-0.15, -0.1) is 11.3 Å². The van der Waals surface area contributed by atoms with Gasteiger partial charge in [0.15, 0.2) is 0 Å². The molecule has 0 atom stereocenters. The zero-order valence-electron chi connectivity index (χ0n) is 13.5. The summed E-state index contributed by atoms with van der Waals surface area (Å²) >= 11 is 1.10. The molecule has 2 N–H and O–H groups in total. The Morgan fingerprint density at radius 3 is 2.62 bits per heavy atom. The number of amides is 1. The highest BCUT2D eigenvalue weighted by Crippen LogP contribution is 2.24. The summed E-state index contributed by atoms with van der Waals surface area (Å²) in [4.78, 5) is 12.0. The van der Waals surface area contributed by atoms with Gasteiger partial charge in [-0.25, -0.2) is 13.1 Å². The van der Waals surface area contributed by atoms with Gasteiger partial charge in [0.2, 0.25) is 5.91 Å². The molecule has 0 saturated heterocycles. The van der Waals surface area contributed by atoms with Gasteiger partial charge in [0, 0.05) is 0 Å². The average molecular weight is 368 g/mol. The van der Waals surface area contributed by atoms with E-state index in [4.69, 9.17) is 4.74 Å². The van der Waals surface area contributed by atoms with Crippen LogP contribution in [0.25, 0.3) is 0 Å². The molecule has 130 valence electrons. The van der Waals surface area contributed by atoms with E-state index in [1.165, 1.54) is 6.07 Å². The van der Waals surface area contributed by atoms with Gasteiger partial charge in [-0.3, -0.25) is 4.79 Å². The van der Waals surface area contributed by atoms with E-state index in [2.05, 4.69) is 10.0 Å². The number of benzene rings is 1. The minimum atomic E-state index is -3.66. The number of rotatable bonds is 8. The first-order valence-electron chi connectivity index (χ1n) is 7.43. The Bertz CT molecular complexity index is 771. The molecule has 6 nitrogen and oxygen atoms in total. The van der Waals surface area contributed by atoms with E-state index < -0.39 is 15.9 Å². The molecule has 0 unspecified atom stereocenters. The van der Waals surface area contributed by atoms with Crippen LogP contribution in [0.1, 0.15) is 13.8 Å². The molecule has 1 heterocycles. The summed E-state index contributed by atoms with van der Waals surface area (Å²) < 4.78 is 32.1. The van der Waals surface area contributed by atoms with Crippen LogP contribution in [0.15, 0.2) is 46.0 Å². The van der Waals surface area contributed by atoms with Crippen LogP contribution >= 0.6 is 11.3 Å². The molecule has 0 fully saturated rings. The lowest BCUT2D eigenvalue weighted by Gasteiger charge is -2.14. The summed E-state index contributed by atoms with van der Waals surface area (Å²) in [5, 5.41) is 4.33. The molecule has 0 spiro atoms. The molecule has 2 rings (SSSR count). The summed E-state index contributed by atoms with van der Waals surface area (Å²) in [5.74, 6) is 0.447. The standard InChI is InChI=1S/C16H20N2O4S2/c1-12(2)11-22-14-7-4-3-6-13(14)18-15(19)10-17-24(20,21)16-8-5-9-23-16/h3-9,12,17H,10-11H2,1-2H3,(H,18,19). The normalized spacial score (nSPS) is 11.5. The number of ether oxygens (including phenoxy) is 1. The van der Waals surface area contributed by atoms with E-state index in [-0.39, 0.29) is 10.8 Å². The maximum absolute atomic E-state index is 12.0. The third kappa shape index (κ3) is 5.33. The van der Waals surface area contributed by atoms with Gasteiger partial charge >= 0.3 is 0 Å². The van der Waals surface area contributed by atoms with Crippen molar-refractivity contribution >= 4 is 33.0 Å². The Balaban J connectivity index is 1.95. The van der Waals surface area contributed by atoms with Crippen LogP contribution in [0, 0.1) is 5.92 Å². The van der Waals surface area contributed by atoms with Crippen molar-refractivity contribution in [3.8, 4) is 5.75 Å². The van der Waals surface area contributed by atoms with Crippen molar-refractivity contribution in [2.24, 2.45) is 5.92 Å². The van der Waals surface area contributed by atoms with Crippen LogP contribution in [-0.4, -0.2) is 27.5 Å². The Labute approximate surface area is 145 Å². The quantitative estimate of drug-likeness (QED) is 0.750. The molecule has 0 aliphatic rings. The molecule has 0 aliphatic carbocycles. The highest BCUT2D eigenvalue weighted by Gasteiger charge is 2.17. The fourth-order valence-electron chi connectivity index (χ4n) is 1.79. The summed E-state index contributed by atoms with van der Waals surface area (Å²) in [7, 11) is -3.66. The zero-order valence-corrected chi connectivity index (χ0v) is 15.1. The molecular formula is C16H20N2O4S2. The van der Waals surface area contributed by atoms with E-state index in [9.17, 15) is 13.2 Å². The van der Waals surface area contributed by atoms with Crippen molar-refractivity contribution in [1.82, 2.24) is 4.72 Å². The fourth-order valence-corrected chi connectivity index (χ4v) is 3.81. The smallest absolute Gasteiger partial charge is 0.250 e. The average Bonchev–Trinajstić information content (AvgIpc) is 3.07. The SMILES string of the molecule is CC(C)COc1ccccc1NC(=O)CNS(=O)(=O)c1cccs1. The number of sulfonamides is 1. The third-order valence-electron chi connectivity index (χ3n) is 2.92. The molecule has 0 aliphatic heterocycles. The molecule has 0 bridgehead atoms. The third-order valence-corrected chi connectivity index (χ3v) is 5.71. The molecular weight excluding hydrogens is 348 g/mol. The molecule has 1 amide bonds. The Morgan fingerprint density at radius 2 is 1.96 bits per heavy atom. The van der Waals surface area contributed by atoms with Gasteiger partial charge in [-0.1, -0.05) is 32.0 Å². The van der Waals surface area contributed by atoms with Gasteiger partial charge in [-0.05, 0) is 29.5 Å². The molecule has 1 aromatic heterocycles. The Hall–Kier alpha value is -1.90. The van der Waals surface area contributed by atoms with E-state index in [0.29, 0.717) is 24.0 Å². The topological polar surface area (TPSA) is 84.5 Å². The number of hydrogen-bond acceptors (Lipinski definition) is 5. The minimum absolute atomic E-state index is 0.177. The van der Waals surface area contributed by atoms with Crippen molar-refractivity contribution in [3.05, 3.63) is 41.8 Å². The minimum Gasteiger partial charge on any atom is -0.491 e. The number of anilines is 1. The van der Waals surface area contributed by atoms with Crippen molar-refractivity contribution in [2.45, 2.75) is 18.1 Å². The first kappa shape index (κ1) is 18.4. The molecule has 24 heavy (non-hydrogen) atoms. The van der Waals surface area contributed by atoms with E-state index in [1.807, 2.05) is 19.9 Å². The Morgan fingerprint density at radius 1 is 1.21 bits per heavy atom. The predicted molar refractivity (Wildman–Crippen MR) is 94.9 cm³/mol. The van der Waals surface area contributed by atoms with Gasteiger partial charge < -0.3 is 10.1 Å². The Kier molecular flexibility index (Phi) is 6.36. The van der Waals surface area contributed by atoms with Gasteiger partial charge in [-0.2, -0.15) is 0 Å². The second kappa shape index (κ2) is 8.27. The summed E-state index contributed by atoms with van der Waals surface area (Å²) in [6, 6.07) is 10.2. The number of carbonyl (C=O) groups excluding carboxylic acids is 1. The van der Waals surface area contributed by atoms with E-state index in [1.54, 1.807) is 29.6 Å².